The summed E-state index contributed by atoms with van der Waals surface area (Å²) in [6, 6.07) is 15.8. The Morgan fingerprint density at radius 3 is 2.62 bits per heavy atom. The molecule has 1 N–H and O–H groups in total. The second-order valence-corrected chi connectivity index (χ2v) is 5.92. The van der Waals surface area contributed by atoms with Crippen LogP contribution in [0, 0.1) is 0 Å². The molecule has 0 bridgehead atoms. The highest BCUT2D eigenvalue weighted by Gasteiger charge is 2.06. The van der Waals surface area contributed by atoms with Gasteiger partial charge in [-0.15, -0.1) is 0 Å². The Bertz CT molecular complexity index is 894. The summed E-state index contributed by atoms with van der Waals surface area (Å²) in [5.74, 6) is -0.191. The quantitative estimate of drug-likeness (QED) is 0.527. The van der Waals surface area contributed by atoms with Crippen LogP contribution in [-0.4, -0.2) is 34.8 Å². The van der Waals surface area contributed by atoms with E-state index in [-0.39, 0.29) is 12.5 Å². The molecule has 0 fully saturated rings. The van der Waals surface area contributed by atoms with Gasteiger partial charge in [0.15, 0.2) is 0 Å². The van der Waals surface area contributed by atoms with Crippen molar-refractivity contribution in [3.05, 3.63) is 60.4 Å². The van der Waals surface area contributed by atoms with Crippen LogP contribution in [0.2, 0.25) is 0 Å². The lowest BCUT2D eigenvalue weighted by Crippen LogP contribution is -2.23. The summed E-state index contributed by atoms with van der Waals surface area (Å²) in [6.07, 6.45) is 3.32. The van der Waals surface area contributed by atoms with Gasteiger partial charge >= 0.3 is 0 Å². The second kappa shape index (κ2) is 8.29. The van der Waals surface area contributed by atoms with Crippen LogP contribution in [0.15, 0.2) is 60.0 Å². The van der Waals surface area contributed by atoms with Gasteiger partial charge in [-0.3, -0.25) is 4.79 Å². The molecule has 0 saturated heterocycles. The number of hydrogen-bond acceptors (Lipinski definition) is 4. The van der Waals surface area contributed by atoms with Gasteiger partial charge < -0.3 is 9.47 Å². The molecule has 0 aliphatic rings. The third kappa shape index (κ3) is 4.08. The second-order valence-electron chi connectivity index (χ2n) is 5.92. The van der Waals surface area contributed by atoms with Gasteiger partial charge in [-0.2, -0.15) is 5.10 Å². The van der Waals surface area contributed by atoms with Gasteiger partial charge in [0.05, 0.1) is 23.6 Å². The van der Waals surface area contributed by atoms with E-state index >= 15 is 0 Å². The maximum Gasteiger partial charge on any atom is 0.260 e. The number of para-hydroxylation sites is 2. The molecule has 0 atom stereocenters. The van der Waals surface area contributed by atoms with E-state index in [2.05, 4.69) is 46.4 Å². The van der Waals surface area contributed by atoms with Crippen molar-refractivity contribution in [3.63, 3.8) is 0 Å². The fourth-order valence-electron chi connectivity index (χ4n) is 2.87. The minimum absolute atomic E-state index is 0.179. The van der Waals surface area contributed by atoms with E-state index in [9.17, 15) is 4.79 Å². The zero-order valence-corrected chi connectivity index (χ0v) is 15.1. The maximum atomic E-state index is 12.1. The van der Waals surface area contributed by atoms with Crippen molar-refractivity contribution in [2.45, 2.75) is 20.4 Å². The monoisotopic (exact) mass is 349 g/mol. The lowest BCUT2D eigenvalue weighted by molar-refractivity contribution is -0.121. The van der Waals surface area contributed by atoms with Gasteiger partial charge in [-0.25, -0.2) is 10.4 Å². The number of hydrogen-bond donors (Lipinski definition) is 1. The van der Waals surface area contributed by atoms with Crippen LogP contribution in [0.25, 0.3) is 11.0 Å². The Kier molecular flexibility index (Phi) is 5.63. The molecule has 1 aromatic heterocycles. The van der Waals surface area contributed by atoms with Crippen LogP contribution in [0.4, 0.5) is 5.69 Å². The Balaban J connectivity index is 1.57. The molecule has 6 heteroatoms. The van der Waals surface area contributed by atoms with Gasteiger partial charge in [0.1, 0.15) is 6.54 Å². The number of aromatic nitrogens is 2. The predicted octanol–water partition coefficient (Wildman–Crippen LogP) is 3.03. The number of rotatable bonds is 7. The lowest BCUT2D eigenvalue weighted by atomic mass is 10.2. The molecule has 0 aliphatic heterocycles. The highest BCUT2D eigenvalue weighted by Crippen LogP contribution is 2.14. The van der Waals surface area contributed by atoms with Crippen molar-refractivity contribution < 1.29 is 4.79 Å². The first-order valence-corrected chi connectivity index (χ1v) is 8.78. The highest BCUT2D eigenvalue weighted by molar-refractivity contribution is 5.84. The molecule has 0 aliphatic carbocycles. The van der Waals surface area contributed by atoms with Crippen LogP contribution in [0.3, 0.4) is 0 Å². The standard InChI is InChI=1S/C20H23N5O/c1-3-24(4-2)17-11-9-16(10-12-17)13-22-23-20(26)14-25-15-21-18-7-5-6-8-19(18)25/h5-13,15H,3-4,14H2,1-2H3,(H,23,26)/b22-13+. The van der Waals surface area contributed by atoms with Crippen molar-refractivity contribution in [1.29, 1.82) is 0 Å². The minimum atomic E-state index is -0.191. The molecule has 0 spiro atoms. The van der Waals surface area contributed by atoms with Gasteiger partial charge in [0.25, 0.3) is 5.91 Å². The minimum Gasteiger partial charge on any atom is -0.372 e. The number of fused-ring (bicyclic) bond motifs is 1. The smallest absolute Gasteiger partial charge is 0.260 e. The van der Waals surface area contributed by atoms with E-state index < -0.39 is 0 Å². The molecule has 134 valence electrons. The molecule has 6 nitrogen and oxygen atoms in total. The Morgan fingerprint density at radius 1 is 1.15 bits per heavy atom. The third-order valence-electron chi connectivity index (χ3n) is 4.27. The maximum absolute atomic E-state index is 12.1. The molecule has 3 rings (SSSR count). The van der Waals surface area contributed by atoms with E-state index in [0.717, 1.165) is 29.7 Å². The fraction of sp³-hybridized carbons (Fsp3) is 0.250. The average Bonchev–Trinajstić information content (AvgIpc) is 3.07. The first-order valence-electron chi connectivity index (χ1n) is 8.78. The van der Waals surface area contributed by atoms with Crippen LogP contribution in [0.1, 0.15) is 19.4 Å². The number of nitrogens with zero attached hydrogens (tertiary/aromatic N) is 4. The third-order valence-corrected chi connectivity index (χ3v) is 4.27. The normalized spacial score (nSPS) is 11.2. The van der Waals surface area contributed by atoms with Crippen LogP contribution in [0.5, 0.6) is 0 Å². The molecule has 1 heterocycles. The van der Waals surface area contributed by atoms with E-state index in [0.29, 0.717) is 0 Å². The first-order chi connectivity index (χ1) is 12.7. The Morgan fingerprint density at radius 2 is 1.88 bits per heavy atom. The number of anilines is 1. The molecule has 0 saturated carbocycles. The number of amides is 1. The average molecular weight is 349 g/mol. The topological polar surface area (TPSA) is 62.5 Å². The number of hydrazone groups is 1. The van der Waals surface area contributed by atoms with E-state index in [1.54, 1.807) is 17.1 Å². The largest absolute Gasteiger partial charge is 0.372 e. The van der Waals surface area contributed by atoms with Crippen molar-refractivity contribution in [2.75, 3.05) is 18.0 Å². The predicted molar refractivity (Wildman–Crippen MR) is 105 cm³/mol. The van der Waals surface area contributed by atoms with Crippen molar-refractivity contribution in [2.24, 2.45) is 5.10 Å². The van der Waals surface area contributed by atoms with E-state index in [1.165, 1.54) is 5.69 Å². The van der Waals surface area contributed by atoms with Crippen molar-refractivity contribution in [1.82, 2.24) is 15.0 Å². The number of carbonyl (C=O) groups excluding carboxylic acids is 1. The summed E-state index contributed by atoms with van der Waals surface area (Å²) in [6.45, 7) is 6.40. The molecular formula is C20H23N5O. The highest BCUT2D eigenvalue weighted by atomic mass is 16.2. The summed E-state index contributed by atoms with van der Waals surface area (Å²) < 4.78 is 1.80. The molecular weight excluding hydrogens is 326 g/mol. The summed E-state index contributed by atoms with van der Waals surface area (Å²) >= 11 is 0. The molecule has 0 unspecified atom stereocenters. The Labute approximate surface area is 153 Å². The summed E-state index contributed by atoms with van der Waals surface area (Å²) in [4.78, 5) is 18.6. The van der Waals surface area contributed by atoms with E-state index in [4.69, 9.17) is 0 Å². The summed E-state index contributed by atoms with van der Waals surface area (Å²) in [5, 5.41) is 4.05. The summed E-state index contributed by atoms with van der Waals surface area (Å²) in [7, 11) is 0. The van der Waals surface area contributed by atoms with Gasteiger partial charge in [-0.05, 0) is 43.7 Å². The van der Waals surface area contributed by atoms with Crippen LogP contribution in [-0.2, 0) is 11.3 Å². The zero-order chi connectivity index (χ0) is 18.4. The van der Waals surface area contributed by atoms with E-state index in [1.807, 2.05) is 36.4 Å². The molecule has 0 radical (unpaired) electrons. The number of imidazole rings is 1. The summed E-state index contributed by atoms with van der Waals surface area (Å²) in [5.41, 5.74) is 6.49. The van der Waals surface area contributed by atoms with Crippen LogP contribution >= 0.6 is 0 Å². The molecule has 2 aromatic carbocycles. The number of benzene rings is 2. The number of nitrogens with one attached hydrogen (secondary N) is 1. The SMILES string of the molecule is CCN(CC)c1ccc(/C=N/NC(=O)Cn2cnc3ccccc32)cc1. The molecule has 1 amide bonds. The Hall–Kier alpha value is -3.15. The van der Waals surface area contributed by atoms with Crippen molar-refractivity contribution >= 4 is 28.8 Å². The number of carbonyl (C=O) groups is 1. The lowest BCUT2D eigenvalue weighted by Gasteiger charge is -2.20. The van der Waals surface area contributed by atoms with Gasteiger partial charge in [0.2, 0.25) is 0 Å². The first kappa shape index (κ1) is 17.7. The zero-order valence-electron chi connectivity index (χ0n) is 15.1. The van der Waals surface area contributed by atoms with Gasteiger partial charge in [0, 0.05) is 18.8 Å². The van der Waals surface area contributed by atoms with Crippen LogP contribution < -0.4 is 10.3 Å². The van der Waals surface area contributed by atoms with Crippen molar-refractivity contribution in [3.8, 4) is 0 Å². The fourth-order valence-corrected chi connectivity index (χ4v) is 2.87. The molecule has 3 aromatic rings. The molecule has 26 heavy (non-hydrogen) atoms. The van der Waals surface area contributed by atoms with Gasteiger partial charge in [-0.1, -0.05) is 24.3 Å².